The van der Waals surface area contributed by atoms with Gasteiger partial charge in [0.05, 0.1) is 23.7 Å². The first-order valence-electron chi connectivity index (χ1n) is 10.9. The largest absolute Gasteiger partial charge is 0.487 e. The zero-order chi connectivity index (χ0) is 23.4. The number of carboxylic acid groups (broad SMARTS) is 1. The van der Waals surface area contributed by atoms with E-state index in [2.05, 4.69) is 10.1 Å². The SMILES string of the molecule is Cc1cccc(CC(=O)O)c1OCc1cc(OCc2ccc3ccccc3n2)n(C(C)C)n1. The fraction of sp³-hybridized carbons (Fsp3) is 0.269. The Morgan fingerprint density at radius 2 is 1.79 bits per heavy atom. The number of pyridine rings is 1. The number of carboxylic acids is 1. The minimum absolute atomic E-state index is 0.0927. The van der Waals surface area contributed by atoms with Crippen LogP contribution in [0, 0.1) is 6.92 Å². The van der Waals surface area contributed by atoms with Gasteiger partial charge in [-0.3, -0.25) is 4.79 Å². The van der Waals surface area contributed by atoms with E-state index in [1.165, 1.54) is 0 Å². The van der Waals surface area contributed by atoms with Gasteiger partial charge in [0.15, 0.2) is 0 Å². The summed E-state index contributed by atoms with van der Waals surface area (Å²) in [6, 6.07) is 19.4. The van der Waals surface area contributed by atoms with E-state index < -0.39 is 5.97 Å². The maximum absolute atomic E-state index is 11.2. The Hall–Kier alpha value is -3.87. The van der Waals surface area contributed by atoms with Crippen LogP contribution < -0.4 is 9.47 Å². The summed E-state index contributed by atoms with van der Waals surface area (Å²) in [5.41, 5.74) is 4.00. The Bertz CT molecular complexity index is 1280. The normalized spacial score (nSPS) is 11.2. The van der Waals surface area contributed by atoms with Gasteiger partial charge in [0.25, 0.3) is 0 Å². The van der Waals surface area contributed by atoms with Gasteiger partial charge in [0, 0.05) is 17.0 Å². The highest BCUT2D eigenvalue weighted by molar-refractivity contribution is 5.78. The fourth-order valence-electron chi connectivity index (χ4n) is 3.68. The van der Waals surface area contributed by atoms with E-state index in [1.54, 1.807) is 6.07 Å². The number of hydrogen-bond donors (Lipinski definition) is 1. The Balaban J connectivity index is 1.49. The van der Waals surface area contributed by atoms with Crippen molar-refractivity contribution in [2.75, 3.05) is 0 Å². The van der Waals surface area contributed by atoms with Crippen LogP contribution in [0.4, 0.5) is 0 Å². The lowest BCUT2D eigenvalue weighted by atomic mass is 10.1. The van der Waals surface area contributed by atoms with Crippen molar-refractivity contribution in [1.29, 1.82) is 0 Å². The lowest BCUT2D eigenvalue weighted by molar-refractivity contribution is -0.136. The van der Waals surface area contributed by atoms with Crippen molar-refractivity contribution in [2.45, 2.75) is 46.4 Å². The standard InChI is InChI=1S/C26H27N3O4/c1-17(2)29-24(32-15-21-12-11-19-8-4-5-10-23(19)27-21)14-22(28-29)16-33-26-18(3)7-6-9-20(26)13-25(30)31/h4-12,14,17H,13,15-16H2,1-3H3,(H,30,31). The van der Waals surface area contributed by atoms with Gasteiger partial charge in [-0.1, -0.05) is 42.5 Å². The van der Waals surface area contributed by atoms with Gasteiger partial charge < -0.3 is 14.6 Å². The van der Waals surface area contributed by atoms with Gasteiger partial charge >= 0.3 is 5.97 Å². The second-order valence-corrected chi connectivity index (χ2v) is 8.22. The van der Waals surface area contributed by atoms with Gasteiger partial charge in [-0.2, -0.15) is 5.10 Å². The molecule has 0 radical (unpaired) electrons. The minimum atomic E-state index is -0.896. The van der Waals surface area contributed by atoms with E-state index >= 15 is 0 Å². The molecule has 0 saturated carbocycles. The Morgan fingerprint density at radius 3 is 2.58 bits per heavy atom. The Kier molecular flexibility index (Phi) is 6.58. The molecule has 2 heterocycles. The molecule has 33 heavy (non-hydrogen) atoms. The molecule has 4 aromatic rings. The molecule has 4 rings (SSSR count). The van der Waals surface area contributed by atoms with Crippen LogP contribution in [0.15, 0.2) is 60.7 Å². The van der Waals surface area contributed by atoms with E-state index in [1.807, 2.05) is 80.1 Å². The highest BCUT2D eigenvalue weighted by Crippen LogP contribution is 2.26. The van der Waals surface area contributed by atoms with Crippen molar-refractivity contribution in [3.05, 3.63) is 83.2 Å². The van der Waals surface area contributed by atoms with Gasteiger partial charge in [0.2, 0.25) is 5.88 Å². The number of para-hydroxylation sites is 2. The summed E-state index contributed by atoms with van der Waals surface area (Å²) in [5, 5.41) is 14.9. The van der Waals surface area contributed by atoms with E-state index in [-0.39, 0.29) is 19.1 Å². The minimum Gasteiger partial charge on any atom is -0.487 e. The molecule has 0 aliphatic rings. The zero-order valence-corrected chi connectivity index (χ0v) is 19.0. The molecule has 0 saturated heterocycles. The molecule has 0 fully saturated rings. The lowest BCUT2D eigenvalue weighted by Gasteiger charge is -2.12. The first kappa shape index (κ1) is 22.3. The fourth-order valence-corrected chi connectivity index (χ4v) is 3.68. The molecule has 0 aliphatic heterocycles. The van der Waals surface area contributed by atoms with Crippen molar-refractivity contribution in [1.82, 2.24) is 14.8 Å². The molecule has 0 atom stereocenters. The van der Waals surface area contributed by atoms with Crippen LogP contribution in [0.2, 0.25) is 0 Å². The summed E-state index contributed by atoms with van der Waals surface area (Å²) < 4.78 is 13.9. The topological polar surface area (TPSA) is 86.5 Å². The second kappa shape index (κ2) is 9.73. The number of rotatable bonds is 9. The quantitative estimate of drug-likeness (QED) is 0.385. The molecule has 7 nitrogen and oxygen atoms in total. The molecule has 0 spiro atoms. The molecule has 170 valence electrons. The van der Waals surface area contributed by atoms with Crippen molar-refractivity contribution < 1.29 is 19.4 Å². The number of carbonyl (C=O) groups is 1. The molecule has 0 amide bonds. The molecule has 0 bridgehead atoms. The van der Waals surface area contributed by atoms with E-state index in [0.29, 0.717) is 29.5 Å². The van der Waals surface area contributed by atoms with Crippen molar-refractivity contribution >= 4 is 16.9 Å². The molecular formula is C26H27N3O4. The Morgan fingerprint density at radius 1 is 1.00 bits per heavy atom. The smallest absolute Gasteiger partial charge is 0.307 e. The number of nitrogens with zero attached hydrogens (tertiary/aromatic N) is 3. The van der Waals surface area contributed by atoms with E-state index in [4.69, 9.17) is 9.47 Å². The molecular weight excluding hydrogens is 418 g/mol. The average molecular weight is 446 g/mol. The summed E-state index contributed by atoms with van der Waals surface area (Å²) in [6.45, 7) is 6.50. The predicted octanol–water partition coefficient (Wildman–Crippen LogP) is 5.11. The summed E-state index contributed by atoms with van der Waals surface area (Å²) in [6.07, 6.45) is -0.0927. The summed E-state index contributed by atoms with van der Waals surface area (Å²) in [4.78, 5) is 15.9. The zero-order valence-electron chi connectivity index (χ0n) is 19.0. The average Bonchev–Trinajstić information content (AvgIpc) is 3.20. The van der Waals surface area contributed by atoms with Crippen LogP contribution in [0.1, 0.15) is 42.4 Å². The maximum atomic E-state index is 11.2. The number of aliphatic carboxylic acids is 1. The predicted molar refractivity (Wildman–Crippen MR) is 126 cm³/mol. The summed E-state index contributed by atoms with van der Waals surface area (Å²) in [5.74, 6) is 0.323. The molecule has 7 heteroatoms. The summed E-state index contributed by atoms with van der Waals surface area (Å²) >= 11 is 0. The monoisotopic (exact) mass is 445 g/mol. The van der Waals surface area contributed by atoms with Gasteiger partial charge in [-0.05, 0) is 38.5 Å². The van der Waals surface area contributed by atoms with Crippen LogP contribution in [0.3, 0.4) is 0 Å². The third-order valence-electron chi connectivity index (χ3n) is 5.26. The molecule has 0 aliphatic carbocycles. The number of benzene rings is 2. The number of aryl methyl sites for hydroxylation is 1. The number of fused-ring (bicyclic) bond motifs is 1. The van der Waals surface area contributed by atoms with Gasteiger partial charge in [-0.25, -0.2) is 9.67 Å². The number of hydrogen-bond acceptors (Lipinski definition) is 5. The molecule has 1 N–H and O–H groups in total. The third-order valence-corrected chi connectivity index (χ3v) is 5.26. The lowest BCUT2D eigenvalue weighted by Crippen LogP contribution is -2.09. The first-order valence-corrected chi connectivity index (χ1v) is 10.9. The number of aromatic nitrogens is 3. The van der Waals surface area contributed by atoms with Crippen molar-refractivity contribution in [2.24, 2.45) is 0 Å². The van der Waals surface area contributed by atoms with Gasteiger partial charge in [-0.15, -0.1) is 0 Å². The third kappa shape index (κ3) is 5.31. The van der Waals surface area contributed by atoms with Crippen LogP contribution in [-0.2, 0) is 24.4 Å². The Labute approximate surface area is 192 Å². The molecule has 0 unspecified atom stereocenters. The van der Waals surface area contributed by atoms with Gasteiger partial charge in [0.1, 0.15) is 24.7 Å². The molecule has 2 aromatic heterocycles. The first-order chi connectivity index (χ1) is 15.9. The highest BCUT2D eigenvalue weighted by atomic mass is 16.5. The van der Waals surface area contributed by atoms with Crippen LogP contribution >= 0.6 is 0 Å². The van der Waals surface area contributed by atoms with Crippen LogP contribution in [0.25, 0.3) is 10.9 Å². The second-order valence-electron chi connectivity index (χ2n) is 8.22. The molecule has 2 aromatic carbocycles. The van der Waals surface area contributed by atoms with E-state index in [9.17, 15) is 9.90 Å². The van der Waals surface area contributed by atoms with E-state index in [0.717, 1.165) is 22.2 Å². The highest BCUT2D eigenvalue weighted by Gasteiger charge is 2.15. The maximum Gasteiger partial charge on any atom is 0.307 e. The number of ether oxygens (including phenoxy) is 2. The van der Waals surface area contributed by atoms with Crippen LogP contribution in [-0.4, -0.2) is 25.8 Å². The van der Waals surface area contributed by atoms with Crippen LogP contribution in [0.5, 0.6) is 11.6 Å². The van der Waals surface area contributed by atoms with Crippen molar-refractivity contribution in [3.63, 3.8) is 0 Å². The van der Waals surface area contributed by atoms with Crippen molar-refractivity contribution in [3.8, 4) is 11.6 Å². The summed E-state index contributed by atoms with van der Waals surface area (Å²) in [7, 11) is 0.